The smallest absolute Gasteiger partial charge is 0.321 e. The van der Waals surface area contributed by atoms with Gasteiger partial charge in [0.2, 0.25) is 0 Å². The summed E-state index contributed by atoms with van der Waals surface area (Å²) in [6, 6.07) is 6.05. The average Bonchev–Trinajstić information content (AvgIpc) is 3.03. The van der Waals surface area contributed by atoms with Crippen LogP contribution in [0.2, 0.25) is 0 Å². The van der Waals surface area contributed by atoms with E-state index in [1.165, 1.54) is 6.07 Å². The lowest BCUT2D eigenvalue weighted by atomic mass is 9.87. The van der Waals surface area contributed by atoms with Crippen LogP contribution in [0.5, 0.6) is 0 Å². The van der Waals surface area contributed by atoms with Crippen LogP contribution in [-0.4, -0.2) is 37.1 Å². The lowest BCUT2D eigenvalue weighted by molar-refractivity contribution is 0.215. The number of likely N-dealkylation sites (tertiary alicyclic amines) is 1. The lowest BCUT2D eigenvalue weighted by Crippen LogP contribution is -2.36. The maximum Gasteiger partial charge on any atom is 0.321 e. The standard InChI is InChI=1S/C14H18FN3O/c15-11-3-1-2-4-12(11)17-13(19)18-8-6-14(10-18)5-7-16-9-14/h1-4,16H,5-10H2,(H,17,19). The summed E-state index contributed by atoms with van der Waals surface area (Å²) in [5, 5.41) is 6.01. The Morgan fingerprint density at radius 1 is 1.37 bits per heavy atom. The number of benzene rings is 1. The van der Waals surface area contributed by atoms with Gasteiger partial charge in [0.15, 0.2) is 0 Å². The number of anilines is 1. The molecule has 1 aromatic rings. The zero-order valence-corrected chi connectivity index (χ0v) is 10.8. The highest BCUT2D eigenvalue weighted by Crippen LogP contribution is 2.36. The average molecular weight is 263 g/mol. The molecule has 5 heteroatoms. The van der Waals surface area contributed by atoms with E-state index in [9.17, 15) is 9.18 Å². The van der Waals surface area contributed by atoms with E-state index >= 15 is 0 Å². The van der Waals surface area contributed by atoms with E-state index in [2.05, 4.69) is 10.6 Å². The van der Waals surface area contributed by atoms with Gasteiger partial charge in [0.05, 0.1) is 5.69 Å². The zero-order valence-electron chi connectivity index (χ0n) is 10.8. The fourth-order valence-electron chi connectivity index (χ4n) is 3.01. The third kappa shape index (κ3) is 2.42. The van der Waals surface area contributed by atoms with Crippen molar-refractivity contribution < 1.29 is 9.18 Å². The number of urea groups is 1. The van der Waals surface area contributed by atoms with E-state index in [4.69, 9.17) is 0 Å². The van der Waals surface area contributed by atoms with Crippen molar-refractivity contribution in [2.75, 3.05) is 31.5 Å². The molecular formula is C14H18FN3O. The largest absolute Gasteiger partial charge is 0.324 e. The Morgan fingerprint density at radius 3 is 2.95 bits per heavy atom. The van der Waals surface area contributed by atoms with Gasteiger partial charge in [-0.05, 0) is 31.5 Å². The first-order valence-electron chi connectivity index (χ1n) is 6.70. The Bertz CT molecular complexity index is 485. The summed E-state index contributed by atoms with van der Waals surface area (Å²) >= 11 is 0. The van der Waals surface area contributed by atoms with Crippen molar-refractivity contribution in [3.63, 3.8) is 0 Å². The molecule has 2 aliphatic rings. The first-order valence-corrected chi connectivity index (χ1v) is 6.70. The number of amides is 2. The second-order valence-corrected chi connectivity index (χ2v) is 5.51. The van der Waals surface area contributed by atoms with Crippen LogP contribution in [0.1, 0.15) is 12.8 Å². The molecule has 0 aromatic heterocycles. The van der Waals surface area contributed by atoms with Gasteiger partial charge in [-0.1, -0.05) is 12.1 Å². The minimum absolute atomic E-state index is 0.200. The van der Waals surface area contributed by atoms with Gasteiger partial charge in [-0.25, -0.2) is 9.18 Å². The van der Waals surface area contributed by atoms with Crippen LogP contribution in [-0.2, 0) is 0 Å². The number of nitrogens with zero attached hydrogens (tertiary/aromatic N) is 1. The molecule has 0 saturated carbocycles. The molecule has 102 valence electrons. The van der Waals surface area contributed by atoms with Crippen molar-refractivity contribution in [2.24, 2.45) is 5.41 Å². The highest BCUT2D eigenvalue weighted by atomic mass is 19.1. The summed E-state index contributed by atoms with van der Waals surface area (Å²) in [5.41, 5.74) is 0.491. The fraction of sp³-hybridized carbons (Fsp3) is 0.500. The van der Waals surface area contributed by atoms with Gasteiger partial charge in [-0.15, -0.1) is 0 Å². The van der Waals surface area contributed by atoms with Crippen molar-refractivity contribution >= 4 is 11.7 Å². The predicted octanol–water partition coefficient (Wildman–Crippen LogP) is 2.04. The number of hydrogen-bond acceptors (Lipinski definition) is 2. The van der Waals surface area contributed by atoms with E-state index in [0.717, 1.165) is 39.0 Å². The van der Waals surface area contributed by atoms with Crippen molar-refractivity contribution in [1.82, 2.24) is 10.2 Å². The minimum atomic E-state index is -0.396. The van der Waals surface area contributed by atoms with Crippen molar-refractivity contribution in [3.8, 4) is 0 Å². The molecule has 1 aromatic carbocycles. The third-order valence-electron chi connectivity index (χ3n) is 4.17. The number of nitrogens with one attached hydrogen (secondary N) is 2. The molecule has 1 unspecified atom stereocenters. The quantitative estimate of drug-likeness (QED) is 0.814. The van der Waals surface area contributed by atoms with Gasteiger partial charge >= 0.3 is 6.03 Å². The monoisotopic (exact) mass is 263 g/mol. The van der Waals surface area contributed by atoms with Gasteiger partial charge in [0.25, 0.3) is 0 Å². The van der Waals surface area contributed by atoms with E-state index in [1.807, 2.05) is 0 Å². The lowest BCUT2D eigenvalue weighted by Gasteiger charge is -2.23. The van der Waals surface area contributed by atoms with E-state index < -0.39 is 5.82 Å². The van der Waals surface area contributed by atoms with Crippen LogP contribution in [0.15, 0.2) is 24.3 Å². The van der Waals surface area contributed by atoms with Gasteiger partial charge in [-0.2, -0.15) is 0 Å². The van der Waals surface area contributed by atoms with E-state index in [-0.39, 0.29) is 17.1 Å². The summed E-state index contributed by atoms with van der Waals surface area (Å²) < 4.78 is 13.5. The Morgan fingerprint density at radius 2 is 2.21 bits per heavy atom. The molecule has 2 aliphatic heterocycles. The molecule has 2 heterocycles. The van der Waals surface area contributed by atoms with Gasteiger partial charge < -0.3 is 15.5 Å². The summed E-state index contributed by atoms with van der Waals surface area (Å²) in [5.74, 6) is -0.396. The molecule has 3 rings (SSSR count). The summed E-state index contributed by atoms with van der Waals surface area (Å²) in [6.07, 6.45) is 2.15. The minimum Gasteiger partial charge on any atom is -0.324 e. The molecule has 19 heavy (non-hydrogen) atoms. The molecule has 1 spiro atoms. The number of rotatable bonds is 1. The highest BCUT2D eigenvalue weighted by Gasteiger charge is 2.41. The third-order valence-corrected chi connectivity index (χ3v) is 4.17. The van der Waals surface area contributed by atoms with Crippen LogP contribution in [0.3, 0.4) is 0 Å². The molecule has 0 radical (unpaired) electrons. The summed E-state index contributed by atoms with van der Waals surface area (Å²) in [6.45, 7) is 3.53. The van der Waals surface area contributed by atoms with E-state index in [0.29, 0.717) is 0 Å². The molecule has 2 amide bonds. The van der Waals surface area contributed by atoms with Crippen molar-refractivity contribution in [1.29, 1.82) is 0 Å². The van der Waals surface area contributed by atoms with Crippen LogP contribution < -0.4 is 10.6 Å². The zero-order chi connectivity index (χ0) is 13.3. The number of hydrogen-bond donors (Lipinski definition) is 2. The molecule has 2 fully saturated rings. The second-order valence-electron chi connectivity index (χ2n) is 5.51. The summed E-state index contributed by atoms with van der Waals surface area (Å²) in [7, 11) is 0. The highest BCUT2D eigenvalue weighted by molar-refractivity contribution is 5.89. The maximum absolute atomic E-state index is 13.5. The topological polar surface area (TPSA) is 44.4 Å². The van der Waals surface area contributed by atoms with Crippen LogP contribution in [0, 0.1) is 11.2 Å². The first-order chi connectivity index (χ1) is 9.19. The van der Waals surface area contributed by atoms with Gasteiger partial charge in [0.1, 0.15) is 5.82 Å². The van der Waals surface area contributed by atoms with Crippen LogP contribution >= 0.6 is 0 Å². The number of halogens is 1. The molecule has 2 saturated heterocycles. The summed E-state index contributed by atoms with van der Waals surface area (Å²) in [4.78, 5) is 13.9. The fourth-order valence-corrected chi connectivity index (χ4v) is 3.01. The normalized spacial score (nSPS) is 26.1. The molecule has 4 nitrogen and oxygen atoms in total. The van der Waals surface area contributed by atoms with E-state index in [1.54, 1.807) is 23.1 Å². The van der Waals surface area contributed by atoms with Crippen LogP contribution in [0.4, 0.5) is 14.9 Å². The molecule has 0 aliphatic carbocycles. The molecule has 0 bridgehead atoms. The van der Waals surface area contributed by atoms with Crippen molar-refractivity contribution in [2.45, 2.75) is 12.8 Å². The SMILES string of the molecule is O=C(Nc1ccccc1F)N1CCC2(CCNC2)C1. The predicted molar refractivity (Wildman–Crippen MR) is 71.5 cm³/mol. The Kier molecular flexibility index (Phi) is 3.14. The Balaban J connectivity index is 1.64. The van der Waals surface area contributed by atoms with Gasteiger partial charge in [0, 0.05) is 25.0 Å². The molecule has 1 atom stereocenters. The second kappa shape index (κ2) is 4.81. The number of carbonyl (C=O) groups excluding carboxylic acids is 1. The Hall–Kier alpha value is -1.62. The maximum atomic E-state index is 13.5. The first kappa shape index (κ1) is 12.4. The number of para-hydroxylation sites is 1. The Labute approximate surface area is 112 Å². The number of carbonyl (C=O) groups is 1. The molecule has 2 N–H and O–H groups in total. The van der Waals surface area contributed by atoms with Crippen LogP contribution in [0.25, 0.3) is 0 Å². The van der Waals surface area contributed by atoms with Crippen molar-refractivity contribution in [3.05, 3.63) is 30.1 Å². The molecular weight excluding hydrogens is 245 g/mol. The van der Waals surface area contributed by atoms with Gasteiger partial charge in [-0.3, -0.25) is 0 Å².